The van der Waals surface area contributed by atoms with Crippen LogP contribution in [0.1, 0.15) is 38.2 Å². The number of hydrogen-bond acceptors (Lipinski definition) is 7. The molecule has 17 heteroatoms. The molecule has 2 aromatic carbocycles. The van der Waals surface area contributed by atoms with Crippen LogP contribution < -0.4 is 14.3 Å². The van der Waals surface area contributed by atoms with Crippen LogP contribution in [-0.2, 0) is 14.3 Å². The third kappa shape index (κ3) is 7.34. The zero-order valence-corrected chi connectivity index (χ0v) is 27.3. The number of aromatic nitrogens is 1. The molecule has 2 heterocycles. The summed E-state index contributed by atoms with van der Waals surface area (Å²) < 4.78 is 79.5. The van der Waals surface area contributed by atoms with Crippen molar-refractivity contribution in [1.82, 2.24) is 9.88 Å². The van der Waals surface area contributed by atoms with Crippen LogP contribution in [0.15, 0.2) is 36.4 Å². The summed E-state index contributed by atoms with van der Waals surface area (Å²) in [7, 11) is 1.14. The first-order valence-corrected chi connectivity index (χ1v) is 15.5. The Morgan fingerprint density at radius 1 is 1.11 bits per heavy atom. The van der Waals surface area contributed by atoms with Gasteiger partial charge in [0.1, 0.15) is 0 Å². The first-order valence-electron chi connectivity index (χ1n) is 13.5. The average Bonchev–Trinajstić information content (AvgIpc) is 3.30. The van der Waals surface area contributed by atoms with Crippen molar-refractivity contribution in [1.29, 1.82) is 0 Å². The number of anilines is 2. The molecule has 1 atom stereocenters. The SMILES string of the molecule is CCOC(=O)c1cc([Se]C(F)(F)F)c2cc(N3C(=O)N(C(=O)OC(C)(C)C)CC3C(=O)N(C)c3ccc(F)c(Cl)c3F)ccc2n1. The second kappa shape index (κ2) is 13.0. The van der Waals surface area contributed by atoms with Crippen molar-refractivity contribution >= 4 is 77.3 Å². The van der Waals surface area contributed by atoms with Crippen molar-refractivity contribution < 1.29 is 50.6 Å². The predicted octanol–water partition coefficient (Wildman–Crippen LogP) is 5.40. The molecule has 1 unspecified atom stereocenters. The number of urea groups is 1. The van der Waals surface area contributed by atoms with E-state index in [1.807, 2.05) is 0 Å². The van der Waals surface area contributed by atoms with Crippen molar-refractivity contribution in [3.63, 3.8) is 0 Å². The Morgan fingerprint density at radius 2 is 1.78 bits per heavy atom. The molecule has 1 fully saturated rings. The molecule has 0 aliphatic carbocycles. The molecule has 46 heavy (non-hydrogen) atoms. The number of nitrogens with zero attached hydrogens (tertiary/aromatic N) is 4. The number of carbonyl (C=O) groups is 4. The van der Waals surface area contributed by atoms with Crippen LogP contribution in [0.5, 0.6) is 0 Å². The van der Waals surface area contributed by atoms with Gasteiger partial charge in [0, 0.05) is 0 Å². The number of ether oxygens (including phenoxy) is 2. The Bertz CT molecular complexity index is 1730. The second-order valence-electron chi connectivity index (χ2n) is 10.8. The summed E-state index contributed by atoms with van der Waals surface area (Å²) in [6.07, 6.45) is -1.11. The minimum atomic E-state index is -4.65. The van der Waals surface area contributed by atoms with E-state index in [4.69, 9.17) is 21.1 Å². The summed E-state index contributed by atoms with van der Waals surface area (Å²) >= 11 is 3.51. The Labute approximate surface area is 270 Å². The van der Waals surface area contributed by atoms with Crippen molar-refractivity contribution in [3.8, 4) is 0 Å². The fraction of sp³-hybridized carbons (Fsp3) is 0.345. The van der Waals surface area contributed by atoms with Crippen LogP contribution >= 0.6 is 11.6 Å². The molecular weight excluding hydrogens is 710 g/mol. The van der Waals surface area contributed by atoms with Gasteiger partial charge in [0.05, 0.1) is 0 Å². The summed E-state index contributed by atoms with van der Waals surface area (Å²) in [6.45, 7) is 5.53. The maximum atomic E-state index is 14.9. The van der Waals surface area contributed by atoms with Gasteiger partial charge in [-0.1, -0.05) is 0 Å². The molecule has 4 rings (SSSR count). The van der Waals surface area contributed by atoms with Crippen molar-refractivity contribution in [2.24, 2.45) is 0 Å². The van der Waals surface area contributed by atoms with Gasteiger partial charge in [0.2, 0.25) is 0 Å². The van der Waals surface area contributed by atoms with Gasteiger partial charge in [-0.2, -0.15) is 0 Å². The van der Waals surface area contributed by atoms with Crippen LogP contribution in [0.3, 0.4) is 0 Å². The number of fused-ring (bicyclic) bond motifs is 1. The van der Waals surface area contributed by atoms with Gasteiger partial charge in [-0.15, -0.1) is 0 Å². The molecule has 1 aromatic heterocycles. The van der Waals surface area contributed by atoms with Crippen LogP contribution in [0.25, 0.3) is 10.9 Å². The van der Waals surface area contributed by atoms with Gasteiger partial charge in [-0.05, 0) is 0 Å². The Balaban J connectivity index is 1.85. The summed E-state index contributed by atoms with van der Waals surface area (Å²) in [6, 6.07) is 3.82. The average molecular weight is 736 g/mol. The van der Waals surface area contributed by atoms with E-state index in [0.29, 0.717) is 4.90 Å². The van der Waals surface area contributed by atoms with Gasteiger partial charge in [0.15, 0.2) is 0 Å². The summed E-state index contributed by atoms with van der Waals surface area (Å²) in [5.41, 5.74) is -1.99. The molecule has 0 radical (unpaired) electrons. The summed E-state index contributed by atoms with van der Waals surface area (Å²) in [5, 5.41) is -5.61. The molecule has 0 saturated carbocycles. The number of hydrogen-bond donors (Lipinski definition) is 0. The van der Waals surface area contributed by atoms with E-state index in [2.05, 4.69) is 4.98 Å². The molecular formula is C29H26ClF5N4O6Se. The zero-order valence-electron chi connectivity index (χ0n) is 24.9. The standard InChI is InChI=1S/C29H26ClF5N4O6Se/c1-6-44-25(41)18-12-21(46-29(33,34)35)15-11-14(7-9-17(15)36-18)39-20(13-38(26(39)42)27(43)45-28(2,3)4)24(40)37(5)19-10-8-16(31)22(30)23(19)32/h7-12,20H,6,13H2,1-5H3. The van der Waals surface area contributed by atoms with E-state index in [-0.39, 0.29) is 33.4 Å². The quantitative estimate of drug-likeness (QED) is 0.144. The number of likely N-dealkylation sites (N-methyl/N-ethyl adjacent to an activating group) is 1. The number of halogens is 6. The topological polar surface area (TPSA) is 109 Å². The Hall–Kier alpha value is -4.01. The molecule has 1 aliphatic rings. The number of amides is 4. The number of carbonyl (C=O) groups excluding carboxylic acids is 4. The van der Waals surface area contributed by atoms with Crippen molar-refractivity contribution in [3.05, 3.63) is 58.7 Å². The number of pyridine rings is 1. The Kier molecular flexibility index (Phi) is 9.86. The van der Waals surface area contributed by atoms with Gasteiger partial charge in [-0.3, -0.25) is 0 Å². The van der Waals surface area contributed by atoms with E-state index in [1.54, 1.807) is 20.8 Å². The molecule has 1 saturated heterocycles. The van der Waals surface area contributed by atoms with Crippen molar-refractivity contribution in [2.75, 3.05) is 30.0 Å². The van der Waals surface area contributed by atoms with Gasteiger partial charge < -0.3 is 0 Å². The maximum absolute atomic E-state index is 14.9. The van der Waals surface area contributed by atoms with E-state index in [0.717, 1.165) is 35.0 Å². The van der Waals surface area contributed by atoms with E-state index >= 15 is 0 Å². The molecule has 0 spiro atoms. The second-order valence-corrected chi connectivity index (χ2v) is 13.5. The Morgan fingerprint density at radius 3 is 2.39 bits per heavy atom. The number of benzene rings is 2. The van der Waals surface area contributed by atoms with Crippen LogP contribution in [0.4, 0.5) is 42.9 Å². The third-order valence-corrected chi connectivity index (χ3v) is 8.45. The predicted molar refractivity (Wildman–Crippen MR) is 159 cm³/mol. The number of esters is 1. The monoisotopic (exact) mass is 736 g/mol. The van der Waals surface area contributed by atoms with Crippen LogP contribution in [0.2, 0.25) is 5.02 Å². The summed E-state index contributed by atoms with van der Waals surface area (Å²) in [5.74, 6) is -4.22. The third-order valence-electron chi connectivity index (χ3n) is 6.45. The van der Waals surface area contributed by atoms with E-state index < -0.39 is 84.6 Å². The zero-order chi connectivity index (χ0) is 34.3. The fourth-order valence-electron chi connectivity index (χ4n) is 4.51. The van der Waals surface area contributed by atoms with Crippen LogP contribution in [-0.4, -0.2) is 85.8 Å². The number of alkyl halides is 3. The fourth-order valence-corrected chi connectivity index (χ4v) is 6.13. The summed E-state index contributed by atoms with van der Waals surface area (Å²) in [4.78, 5) is 59.3. The van der Waals surface area contributed by atoms with Gasteiger partial charge in [-0.25, -0.2) is 4.39 Å². The number of imide groups is 1. The molecule has 246 valence electrons. The molecule has 0 bridgehead atoms. The van der Waals surface area contributed by atoms with Crippen LogP contribution in [0, 0.1) is 11.6 Å². The van der Waals surface area contributed by atoms with E-state index in [9.17, 15) is 41.1 Å². The molecule has 10 nitrogen and oxygen atoms in total. The number of rotatable bonds is 6. The molecule has 1 aliphatic heterocycles. The minimum absolute atomic E-state index is 0.0332. The molecule has 0 N–H and O–H groups in total. The molecule has 4 amide bonds. The van der Waals surface area contributed by atoms with Crippen molar-refractivity contribution in [2.45, 2.75) is 44.4 Å². The van der Waals surface area contributed by atoms with Gasteiger partial charge >= 0.3 is 267 Å². The normalized spacial score (nSPS) is 15.4. The first-order chi connectivity index (χ1) is 21.3. The molecule has 3 aromatic rings. The van der Waals surface area contributed by atoms with E-state index in [1.165, 1.54) is 25.1 Å². The van der Waals surface area contributed by atoms with Gasteiger partial charge in [0.25, 0.3) is 0 Å². The first kappa shape index (κ1) is 34.9.